The van der Waals surface area contributed by atoms with Gasteiger partial charge in [-0.3, -0.25) is 4.57 Å². The van der Waals surface area contributed by atoms with E-state index in [0.29, 0.717) is 5.56 Å². The van der Waals surface area contributed by atoms with Crippen LogP contribution in [0.2, 0.25) is 0 Å². The molecule has 250 valence electrons. The number of aromatic nitrogens is 3. The Morgan fingerprint density at radius 2 is 1.02 bits per heavy atom. The van der Waals surface area contributed by atoms with Gasteiger partial charge in [-0.2, -0.15) is 5.26 Å². The number of benzene rings is 8. The Balaban J connectivity index is 1.12. The minimum Gasteiger partial charge on any atom is -0.340 e. The second-order valence-electron chi connectivity index (χ2n) is 13.8. The highest BCUT2D eigenvalue weighted by molar-refractivity contribution is 6.24. The van der Waals surface area contributed by atoms with Crippen molar-refractivity contribution in [3.8, 4) is 45.4 Å². The fourth-order valence-electron chi connectivity index (χ4n) is 8.20. The SMILES string of the molecule is CCCn1c2ccc(-c3ccc(C#N)cc3)cc2c2cc(-c3ccc(-c4nc5c6ccccc6c6ccccc6c5n4-c4ccccc4)cc3)ccc21. The molecule has 4 heteroatoms. The molecule has 0 atom stereocenters. The van der Waals surface area contributed by atoms with Crippen LogP contribution in [0.5, 0.6) is 0 Å². The maximum absolute atomic E-state index is 9.31. The molecule has 0 aliphatic rings. The van der Waals surface area contributed by atoms with Gasteiger partial charge in [-0.15, -0.1) is 0 Å². The summed E-state index contributed by atoms with van der Waals surface area (Å²) in [6.07, 6.45) is 1.05. The lowest BCUT2D eigenvalue weighted by Gasteiger charge is -2.12. The zero-order valence-electron chi connectivity index (χ0n) is 29.3. The number of nitrogens with zero attached hydrogens (tertiary/aromatic N) is 4. The van der Waals surface area contributed by atoms with Crippen LogP contribution >= 0.6 is 0 Å². The lowest BCUT2D eigenvalue weighted by molar-refractivity contribution is 0.724. The van der Waals surface area contributed by atoms with E-state index in [1.807, 2.05) is 24.3 Å². The van der Waals surface area contributed by atoms with Crippen molar-refractivity contribution in [2.45, 2.75) is 19.9 Å². The van der Waals surface area contributed by atoms with E-state index in [9.17, 15) is 5.26 Å². The Morgan fingerprint density at radius 3 is 1.62 bits per heavy atom. The smallest absolute Gasteiger partial charge is 0.145 e. The second kappa shape index (κ2) is 12.4. The van der Waals surface area contributed by atoms with Crippen molar-refractivity contribution in [3.05, 3.63) is 169 Å². The number of imidazole rings is 1. The van der Waals surface area contributed by atoms with Gasteiger partial charge in [0, 0.05) is 50.4 Å². The summed E-state index contributed by atoms with van der Waals surface area (Å²) in [6.45, 7) is 3.19. The summed E-state index contributed by atoms with van der Waals surface area (Å²) >= 11 is 0. The molecular formula is C49H34N4. The molecule has 8 aromatic carbocycles. The van der Waals surface area contributed by atoms with E-state index in [1.165, 1.54) is 43.5 Å². The average Bonchev–Trinajstić information content (AvgIpc) is 3.78. The van der Waals surface area contributed by atoms with Crippen LogP contribution in [0.25, 0.3) is 93.7 Å². The van der Waals surface area contributed by atoms with Crippen molar-refractivity contribution in [1.29, 1.82) is 5.26 Å². The minimum atomic E-state index is 0.671. The molecule has 0 unspecified atom stereocenters. The molecule has 0 amide bonds. The molecule has 0 radical (unpaired) electrons. The third-order valence-electron chi connectivity index (χ3n) is 10.7. The van der Waals surface area contributed by atoms with Crippen molar-refractivity contribution < 1.29 is 0 Å². The van der Waals surface area contributed by atoms with Crippen molar-refractivity contribution in [3.63, 3.8) is 0 Å². The van der Waals surface area contributed by atoms with Crippen LogP contribution in [0, 0.1) is 11.3 Å². The van der Waals surface area contributed by atoms with Gasteiger partial charge in [0.25, 0.3) is 0 Å². The second-order valence-corrected chi connectivity index (χ2v) is 13.8. The van der Waals surface area contributed by atoms with Gasteiger partial charge in [0.15, 0.2) is 0 Å². The van der Waals surface area contributed by atoms with Crippen molar-refractivity contribution >= 4 is 54.4 Å². The molecule has 4 nitrogen and oxygen atoms in total. The van der Waals surface area contributed by atoms with E-state index in [1.54, 1.807) is 0 Å². The van der Waals surface area contributed by atoms with Gasteiger partial charge < -0.3 is 4.57 Å². The molecule has 0 fully saturated rings. The van der Waals surface area contributed by atoms with Gasteiger partial charge in [0.2, 0.25) is 0 Å². The van der Waals surface area contributed by atoms with Crippen LogP contribution in [0.4, 0.5) is 0 Å². The maximum Gasteiger partial charge on any atom is 0.145 e. The van der Waals surface area contributed by atoms with Crippen LogP contribution in [-0.2, 0) is 6.54 Å². The zero-order valence-corrected chi connectivity index (χ0v) is 29.3. The van der Waals surface area contributed by atoms with Crippen LogP contribution in [0.1, 0.15) is 18.9 Å². The van der Waals surface area contributed by atoms with Crippen molar-refractivity contribution in [2.24, 2.45) is 0 Å². The van der Waals surface area contributed by atoms with Gasteiger partial charge in [0.05, 0.1) is 22.7 Å². The first-order chi connectivity index (χ1) is 26.2. The average molecular weight is 679 g/mol. The lowest BCUT2D eigenvalue weighted by atomic mass is 9.99. The molecule has 0 bridgehead atoms. The molecule has 10 aromatic rings. The summed E-state index contributed by atoms with van der Waals surface area (Å²) in [6, 6.07) is 60.5. The van der Waals surface area contributed by atoms with Gasteiger partial charge in [-0.25, -0.2) is 4.98 Å². The van der Waals surface area contributed by atoms with Gasteiger partial charge in [0.1, 0.15) is 5.82 Å². The molecule has 0 saturated carbocycles. The molecule has 2 heterocycles. The summed E-state index contributed by atoms with van der Waals surface area (Å²) in [4.78, 5) is 5.42. The Morgan fingerprint density at radius 1 is 0.509 bits per heavy atom. The summed E-state index contributed by atoms with van der Waals surface area (Å²) in [5, 5.41) is 16.6. The van der Waals surface area contributed by atoms with E-state index < -0.39 is 0 Å². The standard InChI is InChI=1S/C49H34N4/c1-2-28-52-45-26-24-36(33-18-16-32(31-50)17-19-33)29-43(45)44-30-37(25-27-46(44)52)34-20-22-35(23-21-34)49-51-47-41-14-8-6-12-39(41)40-13-7-9-15-42(40)48(47)53(49)38-10-4-3-5-11-38/h3-27,29-30H,2,28H2,1H3. The van der Waals surface area contributed by atoms with Crippen LogP contribution < -0.4 is 0 Å². The molecule has 10 rings (SSSR count). The number of nitriles is 1. The van der Waals surface area contributed by atoms with Gasteiger partial charge in [-0.05, 0) is 88.0 Å². The van der Waals surface area contributed by atoms with Crippen molar-refractivity contribution in [2.75, 3.05) is 0 Å². The highest BCUT2D eigenvalue weighted by atomic mass is 15.1. The fraction of sp³-hybridized carbons (Fsp3) is 0.0612. The number of rotatable bonds is 6. The molecule has 0 aliphatic carbocycles. The summed E-state index contributed by atoms with van der Waals surface area (Å²) < 4.78 is 4.78. The third-order valence-corrected chi connectivity index (χ3v) is 10.7. The molecule has 53 heavy (non-hydrogen) atoms. The normalized spacial score (nSPS) is 11.6. The Kier molecular flexibility index (Phi) is 7.19. The van der Waals surface area contributed by atoms with Gasteiger partial charge in [-0.1, -0.05) is 122 Å². The number of fused-ring (bicyclic) bond motifs is 9. The van der Waals surface area contributed by atoms with Crippen molar-refractivity contribution in [1.82, 2.24) is 14.1 Å². The van der Waals surface area contributed by atoms with Crippen LogP contribution in [-0.4, -0.2) is 14.1 Å². The highest BCUT2D eigenvalue weighted by Crippen LogP contribution is 2.40. The molecule has 0 aliphatic heterocycles. The summed E-state index contributed by atoms with van der Waals surface area (Å²) in [5.74, 6) is 0.924. The molecule has 0 N–H and O–H groups in total. The monoisotopic (exact) mass is 678 g/mol. The summed E-state index contributed by atoms with van der Waals surface area (Å²) in [7, 11) is 0. The number of aryl methyl sites for hydroxylation is 1. The van der Waals surface area contributed by atoms with E-state index in [4.69, 9.17) is 4.98 Å². The molecule has 2 aromatic heterocycles. The number of hydrogen-bond donors (Lipinski definition) is 0. The van der Waals surface area contributed by atoms with Gasteiger partial charge >= 0.3 is 0 Å². The van der Waals surface area contributed by atoms with E-state index in [-0.39, 0.29) is 0 Å². The third kappa shape index (κ3) is 4.93. The van der Waals surface area contributed by atoms with E-state index in [0.717, 1.165) is 63.2 Å². The topological polar surface area (TPSA) is 46.5 Å². The zero-order chi connectivity index (χ0) is 35.5. The first-order valence-corrected chi connectivity index (χ1v) is 18.2. The Hall–Kier alpha value is -6.96. The lowest BCUT2D eigenvalue weighted by Crippen LogP contribution is -1.98. The maximum atomic E-state index is 9.31. The number of hydrogen-bond acceptors (Lipinski definition) is 2. The van der Waals surface area contributed by atoms with E-state index >= 15 is 0 Å². The van der Waals surface area contributed by atoms with Crippen LogP contribution in [0.15, 0.2) is 164 Å². The van der Waals surface area contributed by atoms with Crippen LogP contribution in [0.3, 0.4) is 0 Å². The first kappa shape index (κ1) is 30.8. The minimum absolute atomic E-state index is 0.671. The predicted octanol–water partition coefficient (Wildman–Crippen LogP) is 12.7. The highest BCUT2D eigenvalue weighted by Gasteiger charge is 2.20. The first-order valence-electron chi connectivity index (χ1n) is 18.2. The predicted molar refractivity (Wildman–Crippen MR) is 220 cm³/mol. The molecule has 0 saturated heterocycles. The Bertz CT molecular complexity index is 3050. The number of para-hydroxylation sites is 1. The quantitative estimate of drug-likeness (QED) is 0.164. The Labute approximate surface area is 307 Å². The summed E-state index contributed by atoms with van der Waals surface area (Å²) in [5.41, 5.74) is 12.0. The van der Waals surface area contributed by atoms with E-state index in [2.05, 4.69) is 162 Å². The molecular weight excluding hydrogens is 645 g/mol. The largest absolute Gasteiger partial charge is 0.340 e. The molecule has 0 spiro atoms. The fourth-order valence-corrected chi connectivity index (χ4v) is 8.20.